The van der Waals surface area contributed by atoms with Crippen LogP contribution < -0.4 is 0 Å². The van der Waals surface area contributed by atoms with Crippen LogP contribution >= 0.6 is 0 Å². The van der Waals surface area contributed by atoms with Crippen LogP contribution in [0.25, 0.3) is 67.0 Å². The van der Waals surface area contributed by atoms with Crippen molar-refractivity contribution in [3.8, 4) is 67.0 Å². The average molecular weight is 1540 g/mol. The predicted octanol–water partition coefficient (Wildman–Crippen LogP) is 22.5. The lowest BCUT2D eigenvalue weighted by Gasteiger charge is -2.17. The maximum atomic E-state index is 14.9. The minimum atomic E-state index is -3.12. The molecular weight excluding hydrogens is 1530 g/mol. The summed E-state index contributed by atoms with van der Waals surface area (Å²) in [6.45, 7) is 4.20. The molecule has 0 aliphatic rings. The van der Waals surface area contributed by atoms with Crippen LogP contribution in [0.4, 0.5) is 171 Å². The summed E-state index contributed by atoms with van der Waals surface area (Å²) in [6, 6.07) is 1.96. The van der Waals surface area contributed by atoms with Crippen molar-refractivity contribution < 1.29 is 171 Å². The van der Waals surface area contributed by atoms with Gasteiger partial charge in [-0.15, -0.1) is 0 Å². The first-order chi connectivity index (χ1) is 48.0. The highest BCUT2D eigenvalue weighted by Gasteiger charge is 2.41. The molecule has 0 bridgehead atoms. The van der Waals surface area contributed by atoms with Crippen LogP contribution in [-0.4, -0.2) is 9.97 Å². The molecule has 0 unspecified atom stereocenters. The van der Waals surface area contributed by atoms with Crippen LogP contribution in [0.1, 0.15) is 27.8 Å². The van der Waals surface area contributed by atoms with Gasteiger partial charge in [0, 0.05) is 27.8 Å². The Balaban J connectivity index is 0.000000211. The summed E-state index contributed by atoms with van der Waals surface area (Å²) in [5.74, 6) is -95.7. The highest BCUT2D eigenvalue weighted by atomic mass is 19.2. The SMILES string of the molecule is Cc1c(F)c(F)c(-c2c(F)c(F)c(-c3c(F)c(F)c(-c4c(F)c(F)c(F)c(F)c4F)c(F)c3F)c(F)c2F)c(F)c1F.Cc1c(F)c(F)c(-c2c(F)c(F)c(F)c(F)c2F)c(F)c1F.Cc1c(F)c(F)nc(F)c1F.Cc1cc(-c2c(C)c(F)c(F)c(F)c2F)nc(-c2c(F)c(F)c(F)c(F)c2F)c1. The van der Waals surface area contributed by atoms with E-state index in [0.717, 1.165) is 26.0 Å². The molecule has 0 atom stereocenters. The van der Waals surface area contributed by atoms with E-state index in [1.54, 1.807) is 0 Å². The summed E-state index contributed by atoms with van der Waals surface area (Å²) >= 11 is 0. The minimum absolute atomic E-state index is 0.0814. The van der Waals surface area contributed by atoms with Gasteiger partial charge in [-0.3, -0.25) is 0 Å². The van der Waals surface area contributed by atoms with E-state index in [-0.39, 0.29) is 5.56 Å². The Morgan fingerprint density at radius 2 is 0.288 bits per heavy atom. The van der Waals surface area contributed by atoms with E-state index in [9.17, 15) is 171 Å². The number of benzene rings is 8. The highest BCUT2D eigenvalue weighted by molar-refractivity contribution is 5.79. The molecule has 41 heteroatoms. The van der Waals surface area contributed by atoms with Gasteiger partial charge in [-0.05, 0) is 52.3 Å². The first-order valence-electron chi connectivity index (χ1n) is 26.4. The van der Waals surface area contributed by atoms with E-state index in [2.05, 4.69) is 9.97 Å². The molecule has 0 spiro atoms. The van der Waals surface area contributed by atoms with Crippen molar-refractivity contribution in [1.82, 2.24) is 9.97 Å². The zero-order valence-electron chi connectivity index (χ0n) is 49.8. The molecule has 0 amide bonds. The lowest BCUT2D eigenvalue weighted by atomic mass is 9.92. The molecule has 0 radical (unpaired) electrons. The van der Waals surface area contributed by atoms with Gasteiger partial charge in [-0.2, -0.15) is 13.8 Å². The van der Waals surface area contributed by atoms with Gasteiger partial charge < -0.3 is 0 Å². The van der Waals surface area contributed by atoms with Crippen molar-refractivity contribution in [2.45, 2.75) is 34.6 Å². The molecule has 2 aromatic heterocycles. The second-order valence-electron chi connectivity index (χ2n) is 20.5. The molecular formula is C63H17F39N2. The second kappa shape index (κ2) is 29.6. The van der Waals surface area contributed by atoms with Crippen LogP contribution in [0.2, 0.25) is 0 Å². The van der Waals surface area contributed by atoms with Crippen molar-refractivity contribution in [1.29, 1.82) is 0 Å². The van der Waals surface area contributed by atoms with Crippen molar-refractivity contribution in [3.05, 3.63) is 267 Å². The topological polar surface area (TPSA) is 25.8 Å². The molecule has 2 nitrogen and oxygen atoms in total. The Bertz CT molecular complexity index is 4770. The summed E-state index contributed by atoms with van der Waals surface area (Å²) in [5, 5.41) is 0. The predicted molar refractivity (Wildman–Crippen MR) is 276 cm³/mol. The Morgan fingerprint density at radius 1 is 0.144 bits per heavy atom. The smallest absolute Gasteiger partial charge is 0.247 e. The van der Waals surface area contributed by atoms with Gasteiger partial charge in [0.05, 0.1) is 61.5 Å². The van der Waals surface area contributed by atoms with Crippen molar-refractivity contribution in [3.63, 3.8) is 0 Å². The Kier molecular flexibility index (Phi) is 22.9. The minimum Gasteiger partial charge on any atom is -0.247 e. The van der Waals surface area contributed by atoms with E-state index in [0.29, 0.717) is 13.8 Å². The first-order valence-corrected chi connectivity index (χ1v) is 26.4. The summed E-state index contributed by atoms with van der Waals surface area (Å²) in [5.41, 5.74) is -27.3. The summed E-state index contributed by atoms with van der Waals surface area (Å²) in [4.78, 5) is 5.96. The largest absolute Gasteiger partial charge is 0.252 e. The van der Waals surface area contributed by atoms with Gasteiger partial charge in [0.15, 0.2) is 198 Å². The standard InChI is InChI=1S/C25H3F17.C19H8F9N.C13H3F9.C6H3F4N/c1-2-9(26)11(28)3(12(29)10(2)27)4-13(30)15(32)5(16(33)14(4)31)6-17(34)19(36)7(20(37)18(6)35)8-21(38)23(40)25(42)24(41)22(8)39;1-5-3-7(9-6(2)11(20)15(24)16(25)12(9)21)29-8(4-5)10-13(22)17(26)19(28)18(27)14(10)23;1-2-5(14)7(16)3(8(17)6(2)15)4-9(18)11(20)13(22)12(21)10(4)19;1-2-3(7)5(9)11-6(10)4(2)8/h1H3;3-4H,1-2H3;1H3;1H3. The molecule has 0 saturated carbocycles. The van der Waals surface area contributed by atoms with E-state index >= 15 is 0 Å². The molecule has 104 heavy (non-hydrogen) atoms. The summed E-state index contributed by atoms with van der Waals surface area (Å²) in [7, 11) is 0. The maximum Gasteiger partial charge on any atom is 0.252 e. The van der Waals surface area contributed by atoms with Gasteiger partial charge in [0.25, 0.3) is 11.9 Å². The van der Waals surface area contributed by atoms with Gasteiger partial charge in [-0.1, -0.05) is 0 Å². The molecule has 0 aliphatic heterocycles. The number of halogens is 39. The number of aromatic nitrogens is 2. The van der Waals surface area contributed by atoms with Gasteiger partial charge in [-0.25, -0.2) is 167 Å². The molecule has 0 fully saturated rings. The number of rotatable bonds is 6. The van der Waals surface area contributed by atoms with Crippen LogP contribution in [-0.2, 0) is 0 Å². The van der Waals surface area contributed by atoms with Crippen LogP contribution in [0.5, 0.6) is 0 Å². The molecule has 10 aromatic rings. The third kappa shape index (κ3) is 13.2. The number of hydrogen-bond donors (Lipinski definition) is 0. The fourth-order valence-electron chi connectivity index (χ4n) is 9.10. The highest BCUT2D eigenvalue weighted by Crippen LogP contribution is 2.47. The maximum absolute atomic E-state index is 14.9. The van der Waals surface area contributed by atoms with Gasteiger partial charge in [0.2, 0.25) is 17.5 Å². The van der Waals surface area contributed by atoms with Crippen LogP contribution in [0.15, 0.2) is 12.1 Å². The first kappa shape index (κ1) is 80.6. The van der Waals surface area contributed by atoms with Crippen molar-refractivity contribution in [2.75, 3.05) is 0 Å². The number of nitrogens with zero attached hydrogens (tertiary/aromatic N) is 2. The van der Waals surface area contributed by atoms with Crippen LogP contribution in [0, 0.1) is 262 Å². The average Bonchev–Trinajstić information content (AvgIpc) is 0.730. The number of pyridine rings is 2. The van der Waals surface area contributed by atoms with Gasteiger partial charge in [0.1, 0.15) is 0 Å². The van der Waals surface area contributed by atoms with Crippen molar-refractivity contribution >= 4 is 0 Å². The summed E-state index contributed by atoms with van der Waals surface area (Å²) in [6.07, 6.45) is 0. The van der Waals surface area contributed by atoms with E-state index in [1.807, 2.05) is 0 Å². The van der Waals surface area contributed by atoms with E-state index in [1.165, 1.54) is 6.92 Å². The summed E-state index contributed by atoms with van der Waals surface area (Å²) < 4.78 is 536. The quantitative estimate of drug-likeness (QED) is 0.0718. The zero-order valence-corrected chi connectivity index (χ0v) is 49.8. The third-order valence-corrected chi connectivity index (χ3v) is 14.3. The second-order valence-corrected chi connectivity index (χ2v) is 20.5. The Hall–Kier alpha value is -10.7. The Morgan fingerprint density at radius 3 is 0.519 bits per heavy atom. The lowest BCUT2D eigenvalue weighted by molar-refractivity contribution is 0.379. The fourth-order valence-corrected chi connectivity index (χ4v) is 9.10. The number of hydrogen-bond acceptors (Lipinski definition) is 2. The van der Waals surface area contributed by atoms with Gasteiger partial charge >= 0.3 is 0 Å². The molecule has 8 aromatic carbocycles. The zero-order chi connectivity index (χ0) is 79.2. The molecule has 552 valence electrons. The fraction of sp³-hybridized carbons (Fsp3) is 0.0794. The normalized spacial score (nSPS) is 11.3. The molecule has 2 heterocycles. The van der Waals surface area contributed by atoms with Crippen LogP contribution in [0.3, 0.4) is 0 Å². The van der Waals surface area contributed by atoms with E-state index < -0.39 is 316 Å². The monoisotopic (exact) mass is 1540 g/mol. The van der Waals surface area contributed by atoms with E-state index in [4.69, 9.17) is 0 Å². The van der Waals surface area contributed by atoms with Crippen molar-refractivity contribution in [2.24, 2.45) is 0 Å². The third-order valence-electron chi connectivity index (χ3n) is 14.3. The lowest BCUT2D eigenvalue weighted by Crippen LogP contribution is -2.13. The Labute approximate surface area is 549 Å². The molecule has 0 saturated heterocycles. The molecule has 0 aliphatic carbocycles. The molecule has 0 N–H and O–H groups in total. The number of aryl methyl sites for hydroxylation is 1. The molecule has 10 rings (SSSR count).